The third-order valence-electron chi connectivity index (χ3n) is 4.26. The number of nitrogens with zero attached hydrogens (tertiary/aromatic N) is 1. The van der Waals surface area contributed by atoms with E-state index in [1.807, 2.05) is 26.8 Å². The molecule has 0 saturated carbocycles. The van der Waals surface area contributed by atoms with E-state index in [4.69, 9.17) is 5.73 Å². The molecule has 0 aromatic heterocycles. The molecule has 1 heterocycles. The normalized spacial score (nSPS) is 24.2. The molecular weight excluding hydrogens is 352 g/mol. The van der Waals surface area contributed by atoms with Gasteiger partial charge in [-0.1, -0.05) is 22.4 Å². The predicted octanol–water partition coefficient (Wildman–Crippen LogP) is 3.17. The lowest BCUT2D eigenvalue weighted by Gasteiger charge is -2.38. The molecule has 6 heteroatoms. The van der Waals surface area contributed by atoms with E-state index in [0.29, 0.717) is 11.4 Å². The van der Waals surface area contributed by atoms with E-state index < -0.39 is 10.0 Å². The lowest BCUT2D eigenvalue weighted by Crippen LogP contribution is -2.47. The molecule has 0 spiro atoms. The van der Waals surface area contributed by atoms with Crippen molar-refractivity contribution in [3.63, 3.8) is 0 Å². The van der Waals surface area contributed by atoms with Crippen LogP contribution < -0.4 is 5.73 Å². The van der Waals surface area contributed by atoms with Crippen molar-refractivity contribution in [2.75, 3.05) is 0 Å². The van der Waals surface area contributed by atoms with Crippen molar-refractivity contribution >= 4 is 26.0 Å². The van der Waals surface area contributed by atoms with Gasteiger partial charge >= 0.3 is 0 Å². The van der Waals surface area contributed by atoms with E-state index in [1.54, 1.807) is 10.4 Å². The largest absolute Gasteiger partial charge is 0.326 e. The standard InChI is InChI=1S/C15H23BrN2O2S/c1-10-5-4-6-11(2)18(10)21(19,20)15-8-13(9-17)7-14(16)12(15)3/h7-8,10-11H,4-6,9,17H2,1-3H3/t10-,11+. The van der Waals surface area contributed by atoms with Gasteiger partial charge < -0.3 is 5.73 Å². The molecule has 0 amide bonds. The molecule has 1 aliphatic rings. The van der Waals surface area contributed by atoms with Crippen molar-refractivity contribution in [2.45, 2.75) is 63.6 Å². The molecule has 2 atom stereocenters. The van der Waals surface area contributed by atoms with Gasteiger partial charge in [-0.05, 0) is 56.9 Å². The van der Waals surface area contributed by atoms with Gasteiger partial charge in [0, 0.05) is 23.1 Å². The zero-order chi connectivity index (χ0) is 15.8. The molecule has 118 valence electrons. The summed E-state index contributed by atoms with van der Waals surface area (Å²) < 4.78 is 28.7. The van der Waals surface area contributed by atoms with Gasteiger partial charge in [-0.15, -0.1) is 0 Å². The smallest absolute Gasteiger partial charge is 0.243 e. The molecule has 1 aliphatic heterocycles. The molecule has 0 bridgehead atoms. The first-order chi connectivity index (χ1) is 9.78. The number of hydrogen-bond acceptors (Lipinski definition) is 3. The number of nitrogens with two attached hydrogens (primary N) is 1. The van der Waals surface area contributed by atoms with Crippen molar-refractivity contribution < 1.29 is 8.42 Å². The maximum Gasteiger partial charge on any atom is 0.243 e. The van der Waals surface area contributed by atoms with E-state index in [9.17, 15) is 8.42 Å². The van der Waals surface area contributed by atoms with Crippen molar-refractivity contribution in [2.24, 2.45) is 5.73 Å². The second kappa shape index (κ2) is 6.36. The van der Waals surface area contributed by atoms with E-state index in [0.717, 1.165) is 34.9 Å². The van der Waals surface area contributed by atoms with Gasteiger partial charge in [0.25, 0.3) is 0 Å². The summed E-state index contributed by atoms with van der Waals surface area (Å²) in [5.41, 5.74) is 7.25. The Balaban J connectivity index is 2.55. The fourth-order valence-corrected chi connectivity index (χ4v) is 5.90. The Labute approximate surface area is 135 Å². The number of rotatable bonds is 3. The van der Waals surface area contributed by atoms with Crippen molar-refractivity contribution in [3.8, 4) is 0 Å². The third-order valence-corrected chi connectivity index (χ3v) is 7.34. The monoisotopic (exact) mass is 374 g/mol. The summed E-state index contributed by atoms with van der Waals surface area (Å²) in [6.07, 6.45) is 2.92. The molecule has 4 nitrogen and oxygen atoms in total. The molecule has 0 unspecified atom stereocenters. The first kappa shape index (κ1) is 16.9. The molecule has 1 aromatic carbocycles. The summed E-state index contributed by atoms with van der Waals surface area (Å²) in [6.45, 7) is 6.14. The lowest BCUT2D eigenvalue weighted by molar-refractivity contribution is 0.204. The fraction of sp³-hybridized carbons (Fsp3) is 0.600. The second-order valence-electron chi connectivity index (χ2n) is 5.87. The minimum Gasteiger partial charge on any atom is -0.326 e. The average molecular weight is 375 g/mol. The van der Waals surface area contributed by atoms with Crippen LogP contribution in [0.2, 0.25) is 0 Å². The zero-order valence-corrected chi connectivity index (χ0v) is 15.2. The summed E-state index contributed by atoms with van der Waals surface area (Å²) >= 11 is 3.45. The van der Waals surface area contributed by atoms with E-state index in [1.165, 1.54) is 0 Å². The summed E-state index contributed by atoms with van der Waals surface area (Å²) in [4.78, 5) is 0.373. The van der Waals surface area contributed by atoms with Crippen LogP contribution in [0.3, 0.4) is 0 Å². The number of hydrogen-bond donors (Lipinski definition) is 1. The first-order valence-electron chi connectivity index (χ1n) is 7.31. The van der Waals surface area contributed by atoms with Gasteiger partial charge in [0.15, 0.2) is 0 Å². The van der Waals surface area contributed by atoms with Gasteiger partial charge in [-0.2, -0.15) is 4.31 Å². The fourth-order valence-electron chi connectivity index (χ4n) is 3.08. The minimum atomic E-state index is -3.50. The van der Waals surface area contributed by atoms with Crippen molar-refractivity contribution in [1.82, 2.24) is 4.31 Å². The molecule has 1 fully saturated rings. The highest BCUT2D eigenvalue weighted by Crippen LogP contribution is 2.33. The Morgan fingerprint density at radius 3 is 2.38 bits per heavy atom. The number of halogens is 1. The molecule has 2 N–H and O–H groups in total. The highest BCUT2D eigenvalue weighted by Gasteiger charge is 2.36. The highest BCUT2D eigenvalue weighted by molar-refractivity contribution is 9.10. The van der Waals surface area contributed by atoms with Crippen LogP contribution >= 0.6 is 15.9 Å². The van der Waals surface area contributed by atoms with Crippen LogP contribution in [0.4, 0.5) is 0 Å². The Kier molecular flexibility index (Phi) is 5.13. The predicted molar refractivity (Wildman–Crippen MR) is 88.6 cm³/mol. The lowest BCUT2D eigenvalue weighted by atomic mass is 10.0. The number of benzene rings is 1. The summed E-state index contributed by atoms with van der Waals surface area (Å²) in [5, 5.41) is 0. The van der Waals surface area contributed by atoms with Crippen LogP contribution in [0.5, 0.6) is 0 Å². The average Bonchev–Trinajstić information content (AvgIpc) is 2.41. The Bertz CT molecular complexity index is 621. The molecule has 0 radical (unpaired) electrons. The second-order valence-corrected chi connectivity index (χ2v) is 8.53. The van der Waals surface area contributed by atoms with Crippen LogP contribution in [0.1, 0.15) is 44.2 Å². The van der Waals surface area contributed by atoms with Crippen molar-refractivity contribution in [3.05, 3.63) is 27.7 Å². The van der Waals surface area contributed by atoms with Gasteiger partial charge in [-0.25, -0.2) is 8.42 Å². The van der Waals surface area contributed by atoms with Crippen LogP contribution in [-0.2, 0) is 16.6 Å². The Hall–Kier alpha value is -0.430. The zero-order valence-electron chi connectivity index (χ0n) is 12.8. The maximum absolute atomic E-state index is 13.1. The molecule has 0 aliphatic carbocycles. The summed E-state index contributed by atoms with van der Waals surface area (Å²) in [7, 11) is -3.50. The Morgan fingerprint density at radius 1 is 1.29 bits per heavy atom. The number of piperidine rings is 1. The van der Waals surface area contributed by atoms with E-state index in [-0.39, 0.29) is 12.1 Å². The van der Waals surface area contributed by atoms with Gasteiger partial charge in [0.05, 0.1) is 4.90 Å². The molecule has 1 saturated heterocycles. The SMILES string of the molecule is Cc1c(Br)cc(CN)cc1S(=O)(=O)N1[C@H](C)CCC[C@@H]1C. The molecule has 2 rings (SSSR count). The topological polar surface area (TPSA) is 63.4 Å². The van der Waals surface area contributed by atoms with Crippen LogP contribution in [0.25, 0.3) is 0 Å². The Morgan fingerprint density at radius 2 is 1.86 bits per heavy atom. The minimum absolute atomic E-state index is 0.0402. The molecule has 1 aromatic rings. The van der Waals surface area contributed by atoms with E-state index in [2.05, 4.69) is 15.9 Å². The van der Waals surface area contributed by atoms with Crippen LogP contribution in [0.15, 0.2) is 21.5 Å². The van der Waals surface area contributed by atoms with E-state index >= 15 is 0 Å². The summed E-state index contributed by atoms with van der Waals surface area (Å²) in [6, 6.07) is 3.68. The highest BCUT2D eigenvalue weighted by atomic mass is 79.9. The third kappa shape index (κ3) is 3.18. The van der Waals surface area contributed by atoms with Gasteiger partial charge in [0.2, 0.25) is 10.0 Å². The maximum atomic E-state index is 13.1. The van der Waals surface area contributed by atoms with Crippen molar-refractivity contribution in [1.29, 1.82) is 0 Å². The van der Waals surface area contributed by atoms with Gasteiger partial charge in [-0.3, -0.25) is 0 Å². The summed E-state index contributed by atoms with van der Waals surface area (Å²) in [5.74, 6) is 0. The van der Waals surface area contributed by atoms with Gasteiger partial charge in [0.1, 0.15) is 0 Å². The molecule has 21 heavy (non-hydrogen) atoms. The first-order valence-corrected chi connectivity index (χ1v) is 9.55. The van der Waals surface area contributed by atoms with Crippen LogP contribution in [0, 0.1) is 6.92 Å². The number of sulfonamides is 1. The molecular formula is C15H23BrN2O2S. The van der Waals surface area contributed by atoms with Crippen LogP contribution in [-0.4, -0.2) is 24.8 Å². The quantitative estimate of drug-likeness (QED) is 0.883.